The average Bonchev–Trinajstić information content (AvgIpc) is 2.97. The van der Waals surface area contributed by atoms with Gasteiger partial charge in [-0.1, -0.05) is 0 Å². The summed E-state index contributed by atoms with van der Waals surface area (Å²) in [6.45, 7) is 1.42. The van der Waals surface area contributed by atoms with Crippen LogP contribution in [0, 0.1) is 17.8 Å². The lowest BCUT2D eigenvalue weighted by atomic mass is 9.84. The quantitative estimate of drug-likeness (QED) is 0.519. The van der Waals surface area contributed by atoms with Gasteiger partial charge in [-0.05, 0) is 26.2 Å². The first-order valence-corrected chi connectivity index (χ1v) is 4.98. The fourth-order valence-corrected chi connectivity index (χ4v) is 1.21. The van der Waals surface area contributed by atoms with Crippen LogP contribution in [0.15, 0.2) is 0 Å². The molecule has 0 aromatic heterocycles. The van der Waals surface area contributed by atoms with E-state index in [4.69, 9.17) is 11.5 Å². The van der Waals surface area contributed by atoms with Crippen LogP contribution in [0.3, 0.4) is 0 Å². The van der Waals surface area contributed by atoms with Gasteiger partial charge in [-0.25, -0.2) is 0 Å². The monoisotopic (exact) mass is 209 g/mol. The number of nitrogens with one attached hydrogen (secondary N) is 1. The van der Waals surface area contributed by atoms with Gasteiger partial charge < -0.3 is 10.4 Å². The second-order valence-corrected chi connectivity index (χ2v) is 4.09. The van der Waals surface area contributed by atoms with E-state index in [-0.39, 0.29) is 12.5 Å². The lowest BCUT2D eigenvalue weighted by Crippen LogP contribution is -2.45. The fourth-order valence-electron chi connectivity index (χ4n) is 1.21. The van der Waals surface area contributed by atoms with Gasteiger partial charge in [0.25, 0.3) is 0 Å². The molecule has 0 saturated heterocycles. The summed E-state index contributed by atoms with van der Waals surface area (Å²) in [5.74, 6) is 0.820. The molecule has 1 amide bonds. The number of amides is 1. The highest BCUT2D eigenvalue weighted by Crippen LogP contribution is 2.27. The Hall–Kier alpha value is -1.50. The molecule has 4 heteroatoms. The van der Waals surface area contributed by atoms with E-state index in [0.717, 1.165) is 12.8 Å². The molecule has 0 aromatic carbocycles. The van der Waals surface area contributed by atoms with Gasteiger partial charge in [-0.15, -0.1) is 12.3 Å². The highest BCUT2D eigenvalue weighted by Gasteiger charge is 2.42. The molecule has 1 aliphatic rings. The van der Waals surface area contributed by atoms with Crippen molar-refractivity contribution in [3.05, 3.63) is 0 Å². The summed E-state index contributed by atoms with van der Waals surface area (Å²) in [5.41, 5.74) is -1.39. The van der Waals surface area contributed by atoms with Gasteiger partial charge in [0.1, 0.15) is 5.41 Å². The zero-order valence-electron chi connectivity index (χ0n) is 8.75. The largest absolute Gasteiger partial charge is 0.480 e. The maximum atomic E-state index is 11.7. The Morgan fingerprint density at radius 3 is 2.60 bits per heavy atom. The van der Waals surface area contributed by atoms with E-state index in [1.165, 1.54) is 6.92 Å². The fraction of sp³-hybridized carbons (Fsp3) is 0.636. The topological polar surface area (TPSA) is 66.4 Å². The second kappa shape index (κ2) is 4.35. The number of carboxylic acid groups (broad SMARTS) is 1. The van der Waals surface area contributed by atoms with Gasteiger partial charge in [-0.2, -0.15) is 0 Å². The molecule has 0 aromatic rings. The Bertz CT molecular complexity index is 314. The second-order valence-electron chi connectivity index (χ2n) is 4.09. The average molecular weight is 209 g/mol. The number of aliphatic carboxylic acids is 1. The van der Waals surface area contributed by atoms with Gasteiger partial charge in [0.2, 0.25) is 5.91 Å². The summed E-state index contributed by atoms with van der Waals surface area (Å²) in [7, 11) is 0. The third kappa shape index (κ3) is 2.72. The number of carboxylic acids is 1. The van der Waals surface area contributed by atoms with Crippen molar-refractivity contribution in [2.24, 2.45) is 5.41 Å². The van der Waals surface area contributed by atoms with Gasteiger partial charge in [0.05, 0.1) is 0 Å². The van der Waals surface area contributed by atoms with E-state index in [2.05, 4.69) is 11.2 Å². The molecular formula is C11H15NO3. The summed E-state index contributed by atoms with van der Waals surface area (Å²) >= 11 is 0. The van der Waals surface area contributed by atoms with Crippen molar-refractivity contribution in [2.45, 2.75) is 38.6 Å². The zero-order chi connectivity index (χ0) is 11.5. The molecule has 82 valence electrons. The summed E-state index contributed by atoms with van der Waals surface area (Å²) in [4.78, 5) is 22.7. The van der Waals surface area contributed by atoms with Crippen molar-refractivity contribution >= 4 is 11.9 Å². The highest BCUT2D eigenvalue weighted by molar-refractivity contribution is 6.01. The van der Waals surface area contributed by atoms with Crippen LogP contribution >= 0.6 is 0 Å². The lowest BCUT2D eigenvalue weighted by molar-refractivity contribution is -0.155. The van der Waals surface area contributed by atoms with E-state index < -0.39 is 17.3 Å². The Morgan fingerprint density at radius 2 is 2.20 bits per heavy atom. The van der Waals surface area contributed by atoms with Crippen LogP contribution in [-0.4, -0.2) is 23.0 Å². The smallest absolute Gasteiger partial charge is 0.318 e. The molecule has 0 bridgehead atoms. The molecule has 1 atom stereocenters. The van der Waals surface area contributed by atoms with Crippen LogP contribution in [0.25, 0.3) is 0 Å². The van der Waals surface area contributed by atoms with Crippen LogP contribution in [0.1, 0.15) is 32.6 Å². The third-order valence-corrected chi connectivity index (χ3v) is 2.66. The molecule has 1 saturated carbocycles. The molecule has 0 radical (unpaired) electrons. The molecular weight excluding hydrogens is 194 g/mol. The number of hydrogen-bond acceptors (Lipinski definition) is 2. The minimum absolute atomic E-state index is 0.169. The molecule has 1 fully saturated rings. The van der Waals surface area contributed by atoms with Crippen molar-refractivity contribution in [3.63, 3.8) is 0 Å². The van der Waals surface area contributed by atoms with E-state index in [9.17, 15) is 9.59 Å². The number of carbonyl (C=O) groups excluding carboxylic acids is 1. The van der Waals surface area contributed by atoms with Crippen molar-refractivity contribution in [2.75, 3.05) is 0 Å². The molecule has 0 spiro atoms. The Balaban J connectivity index is 2.65. The first-order valence-electron chi connectivity index (χ1n) is 4.98. The zero-order valence-corrected chi connectivity index (χ0v) is 8.75. The normalized spacial score (nSPS) is 18.7. The molecule has 15 heavy (non-hydrogen) atoms. The molecule has 0 aliphatic heterocycles. The van der Waals surface area contributed by atoms with Crippen LogP contribution in [0.2, 0.25) is 0 Å². The van der Waals surface area contributed by atoms with E-state index >= 15 is 0 Å². The summed E-state index contributed by atoms with van der Waals surface area (Å²) in [6.07, 6.45) is 7.43. The summed E-state index contributed by atoms with van der Waals surface area (Å²) in [6, 6.07) is 0.169. The predicted molar refractivity (Wildman–Crippen MR) is 55.0 cm³/mol. The van der Waals surface area contributed by atoms with E-state index in [0.29, 0.717) is 6.42 Å². The number of hydrogen-bond donors (Lipinski definition) is 2. The van der Waals surface area contributed by atoms with Crippen LogP contribution in [-0.2, 0) is 9.59 Å². The number of rotatable bonds is 5. The summed E-state index contributed by atoms with van der Waals surface area (Å²) in [5, 5.41) is 11.7. The lowest BCUT2D eigenvalue weighted by Gasteiger charge is -2.22. The van der Waals surface area contributed by atoms with Crippen molar-refractivity contribution in [1.82, 2.24) is 5.32 Å². The molecule has 2 N–H and O–H groups in total. The standard InChI is InChI=1S/C11H15NO3/c1-3-4-7-11(2,10(14)15)9(13)12-8-5-6-8/h1,8H,4-7H2,2H3,(H,12,13)(H,14,15). The SMILES string of the molecule is C#CCCC(C)(C(=O)O)C(=O)NC1CC1. The Kier molecular flexibility index (Phi) is 3.35. The van der Waals surface area contributed by atoms with Gasteiger partial charge in [0, 0.05) is 12.5 Å². The maximum absolute atomic E-state index is 11.7. The van der Waals surface area contributed by atoms with Crippen LogP contribution < -0.4 is 5.32 Å². The molecule has 1 unspecified atom stereocenters. The van der Waals surface area contributed by atoms with Crippen molar-refractivity contribution in [1.29, 1.82) is 0 Å². The Labute approximate surface area is 89.0 Å². The number of carbonyl (C=O) groups is 2. The van der Waals surface area contributed by atoms with Crippen molar-refractivity contribution < 1.29 is 14.7 Å². The predicted octanol–water partition coefficient (Wildman–Crippen LogP) is 0.769. The number of terminal acetylenes is 1. The minimum atomic E-state index is -1.39. The van der Waals surface area contributed by atoms with Gasteiger partial charge in [-0.3, -0.25) is 9.59 Å². The molecule has 1 aliphatic carbocycles. The van der Waals surface area contributed by atoms with Crippen LogP contribution in [0.4, 0.5) is 0 Å². The Morgan fingerprint density at radius 1 is 1.60 bits per heavy atom. The molecule has 4 nitrogen and oxygen atoms in total. The summed E-state index contributed by atoms with van der Waals surface area (Å²) < 4.78 is 0. The van der Waals surface area contributed by atoms with Crippen molar-refractivity contribution in [3.8, 4) is 12.3 Å². The maximum Gasteiger partial charge on any atom is 0.318 e. The minimum Gasteiger partial charge on any atom is -0.480 e. The van der Waals surface area contributed by atoms with Gasteiger partial charge >= 0.3 is 5.97 Å². The van der Waals surface area contributed by atoms with Crippen LogP contribution in [0.5, 0.6) is 0 Å². The molecule has 1 rings (SSSR count). The molecule has 0 heterocycles. The first-order chi connectivity index (χ1) is 7.00. The third-order valence-electron chi connectivity index (χ3n) is 2.66. The van der Waals surface area contributed by atoms with E-state index in [1.54, 1.807) is 0 Å². The van der Waals surface area contributed by atoms with Gasteiger partial charge in [0.15, 0.2) is 0 Å². The highest BCUT2D eigenvalue weighted by atomic mass is 16.4. The van der Waals surface area contributed by atoms with E-state index in [1.807, 2.05) is 0 Å². The first kappa shape index (κ1) is 11.6.